The van der Waals surface area contributed by atoms with Crippen LogP contribution in [0.5, 0.6) is 0 Å². The predicted molar refractivity (Wildman–Crippen MR) is 193 cm³/mol. The second-order valence-electron chi connectivity index (χ2n) is 11.4. The summed E-state index contributed by atoms with van der Waals surface area (Å²) in [6.07, 6.45) is 0. The van der Waals surface area contributed by atoms with Gasteiger partial charge in [-0.3, -0.25) is 0 Å². The van der Waals surface area contributed by atoms with Gasteiger partial charge >= 0.3 is 0 Å². The number of hydrogen-bond donors (Lipinski definition) is 0. The molecular weight excluding hydrogens is 558 g/mol. The lowest BCUT2D eigenvalue weighted by molar-refractivity contribution is 0.631. The third-order valence-corrected chi connectivity index (χ3v) is 8.44. The van der Waals surface area contributed by atoms with Crippen molar-refractivity contribution < 1.29 is 4.42 Å². The molecule has 1 heterocycles. The molecule has 2 nitrogen and oxygen atoms in total. The molecule has 0 fully saturated rings. The Morgan fingerprint density at radius 2 is 0.870 bits per heavy atom. The molecule has 8 rings (SSSR count). The molecule has 0 amide bonds. The molecule has 0 unspecified atom stereocenters. The van der Waals surface area contributed by atoms with Crippen molar-refractivity contribution in [1.82, 2.24) is 0 Å². The van der Waals surface area contributed by atoms with Crippen molar-refractivity contribution in [3.63, 3.8) is 0 Å². The highest BCUT2D eigenvalue weighted by atomic mass is 16.3. The molecular formula is C44H31NO. The summed E-state index contributed by atoms with van der Waals surface area (Å²) in [4.78, 5) is 2.37. The number of hydrogen-bond acceptors (Lipinski definition) is 2. The molecule has 2 heteroatoms. The largest absolute Gasteiger partial charge is 0.456 e. The van der Waals surface area contributed by atoms with E-state index in [2.05, 4.69) is 181 Å². The number of para-hydroxylation sites is 2. The monoisotopic (exact) mass is 589 g/mol. The lowest BCUT2D eigenvalue weighted by atomic mass is 9.96. The predicted octanol–water partition coefficient (Wildman–Crippen LogP) is 12.6. The van der Waals surface area contributed by atoms with Gasteiger partial charge in [0.25, 0.3) is 0 Å². The summed E-state index contributed by atoms with van der Waals surface area (Å²) in [5.74, 6) is 0.837. The Labute approximate surface area is 269 Å². The van der Waals surface area contributed by atoms with Gasteiger partial charge in [0.1, 0.15) is 11.3 Å². The van der Waals surface area contributed by atoms with Crippen molar-refractivity contribution in [2.45, 2.75) is 0 Å². The number of nitrogens with zero attached hydrogens (tertiary/aromatic N) is 1. The first kappa shape index (κ1) is 27.4. The maximum absolute atomic E-state index is 6.47. The molecule has 0 spiro atoms. The van der Waals surface area contributed by atoms with Gasteiger partial charge in [-0.1, -0.05) is 133 Å². The van der Waals surface area contributed by atoms with E-state index in [0.29, 0.717) is 0 Å². The summed E-state index contributed by atoms with van der Waals surface area (Å²) in [6.45, 7) is 0. The second kappa shape index (κ2) is 12.1. The number of benzene rings is 7. The van der Waals surface area contributed by atoms with Crippen LogP contribution in [-0.2, 0) is 0 Å². The van der Waals surface area contributed by atoms with E-state index in [1.165, 1.54) is 16.7 Å². The minimum absolute atomic E-state index is 0.837. The van der Waals surface area contributed by atoms with E-state index >= 15 is 0 Å². The van der Waals surface area contributed by atoms with Crippen molar-refractivity contribution in [3.8, 4) is 44.7 Å². The highest BCUT2D eigenvalue weighted by Crippen LogP contribution is 2.45. The number of fused-ring (bicyclic) bond motifs is 1. The number of rotatable bonds is 7. The molecule has 0 saturated carbocycles. The first-order chi connectivity index (χ1) is 22.8. The average molecular weight is 590 g/mol. The lowest BCUT2D eigenvalue weighted by Crippen LogP contribution is -2.11. The maximum atomic E-state index is 6.47. The van der Waals surface area contributed by atoms with Gasteiger partial charge in [-0.05, 0) is 88.0 Å². The Morgan fingerprint density at radius 3 is 1.52 bits per heavy atom. The summed E-state index contributed by atoms with van der Waals surface area (Å²) >= 11 is 0. The molecule has 0 radical (unpaired) electrons. The Bertz CT molecular complexity index is 2160. The average Bonchev–Trinajstić information content (AvgIpc) is 3.58. The molecule has 0 saturated heterocycles. The molecule has 0 bridgehead atoms. The van der Waals surface area contributed by atoms with Crippen LogP contribution in [0.1, 0.15) is 0 Å². The highest BCUT2D eigenvalue weighted by molar-refractivity contribution is 5.93. The number of anilines is 3. The summed E-state index contributed by atoms with van der Waals surface area (Å²) in [6, 6.07) is 66.3. The Hall–Kier alpha value is -6.12. The first-order valence-electron chi connectivity index (χ1n) is 15.6. The van der Waals surface area contributed by atoms with E-state index in [4.69, 9.17) is 4.42 Å². The maximum Gasteiger partial charge on any atom is 0.137 e. The summed E-state index contributed by atoms with van der Waals surface area (Å²) < 4.78 is 6.47. The van der Waals surface area contributed by atoms with Gasteiger partial charge in [-0.15, -0.1) is 0 Å². The van der Waals surface area contributed by atoms with Crippen molar-refractivity contribution >= 4 is 28.0 Å². The van der Waals surface area contributed by atoms with Gasteiger partial charge in [0.2, 0.25) is 0 Å². The van der Waals surface area contributed by atoms with Gasteiger partial charge in [0, 0.05) is 22.3 Å². The van der Waals surface area contributed by atoms with E-state index < -0.39 is 0 Å². The zero-order valence-electron chi connectivity index (χ0n) is 25.3. The van der Waals surface area contributed by atoms with Crippen LogP contribution >= 0.6 is 0 Å². The summed E-state index contributed by atoms with van der Waals surface area (Å²) in [7, 11) is 0. The van der Waals surface area contributed by atoms with Crippen LogP contribution in [-0.4, -0.2) is 0 Å². The molecule has 0 aliphatic rings. The van der Waals surface area contributed by atoms with Gasteiger partial charge in [0.05, 0.1) is 5.69 Å². The van der Waals surface area contributed by atoms with Crippen LogP contribution in [0.25, 0.3) is 55.7 Å². The number of furan rings is 1. The van der Waals surface area contributed by atoms with Crippen molar-refractivity contribution in [3.05, 3.63) is 188 Å². The van der Waals surface area contributed by atoms with Crippen molar-refractivity contribution in [2.75, 3.05) is 4.90 Å². The van der Waals surface area contributed by atoms with Crippen LogP contribution in [0.3, 0.4) is 0 Å². The Balaban J connectivity index is 1.39. The van der Waals surface area contributed by atoms with Crippen LogP contribution in [0.15, 0.2) is 192 Å². The zero-order chi connectivity index (χ0) is 30.7. The SMILES string of the molecule is c1ccc(-c2cccc(N(c3cc(-c4ccccc4)cc(-c4ccccc4)c3)c3ccccc3-c3cc4ccccc4o3)c2)cc1. The van der Waals surface area contributed by atoms with Gasteiger partial charge < -0.3 is 9.32 Å². The van der Waals surface area contributed by atoms with Crippen LogP contribution < -0.4 is 4.90 Å². The van der Waals surface area contributed by atoms with Gasteiger partial charge in [0.15, 0.2) is 0 Å². The molecule has 1 aromatic heterocycles. The lowest BCUT2D eigenvalue weighted by Gasteiger charge is -2.29. The summed E-state index contributed by atoms with van der Waals surface area (Å²) in [5, 5.41) is 1.09. The quantitative estimate of drug-likeness (QED) is 0.184. The summed E-state index contributed by atoms with van der Waals surface area (Å²) in [5.41, 5.74) is 12.1. The third kappa shape index (κ3) is 5.38. The highest BCUT2D eigenvalue weighted by Gasteiger charge is 2.21. The molecule has 0 aliphatic carbocycles. The smallest absolute Gasteiger partial charge is 0.137 e. The molecule has 7 aromatic carbocycles. The minimum atomic E-state index is 0.837. The van der Waals surface area contributed by atoms with Gasteiger partial charge in [-0.25, -0.2) is 0 Å². The molecule has 0 N–H and O–H groups in total. The fourth-order valence-electron chi connectivity index (χ4n) is 6.21. The minimum Gasteiger partial charge on any atom is -0.456 e. The Morgan fingerprint density at radius 1 is 0.348 bits per heavy atom. The fraction of sp³-hybridized carbons (Fsp3) is 0. The fourth-order valence-corrected chi connectivity index (χ4v) is 6.21. The molecule has 0 atom stereocenters. The van der Waals surface area contributed by atoms with E-state index in [1.807, 2.05) is 12.1 Å². The molecule has 218 valence electrons. The standard InChI is InChI=1S/C44H31NO/c1-4-15-32(16-5-1)35-22-14-23-39(28-35)45(42-25-12-11-24-41(42)44-31-36-21-10-13-26-43(36)46-44)40-29-37(33-17-6-2-7-18-33)27-38(30-40)34-19-8-3-9-20-34/h1-31H. The van der Waals surface area contributed by atoms with E-state index in [-0.39, 0.29) is 0 Å². The van der Waals surface area contributed by atoms with Gasteiger partial charge in [-0.2, -0.15) is 0 Å². The molecule has 8 aromatic rings. The van der Waals surface area contributed by atoms with Crippen LogP contribution in [0.4, 0.5) is 17.1 Å². The van der Waals surface area contributed by atoms with Crippen LogP contribution in [0.2, 0.25) is 0 Å². The molecule has 0 aliphatic heterocycles. The zero-order valence-corrected chi connectivity index (χ0v) is 25.3. The van der Waals surface area contributed by atoms with Crippen LogP contribution in [0, 0.1) is 0 Å². The van der Waals surface area contributed by atoms with Crippen molar-refractivity contribution in [1.29, 1.82) is 0 Å². The Kier molecular flexibility index (Phi) is 7.22. The normalized spacial score (nSPS) is 11.0. The first-order valence-corrected chi connectivity index (χ1v) is 15.6. The van der Waals surface area contributed by atoms with E-state index in [0.717, 1.165) is 56.0 Å². The second-order valence-corrected chi connectivity index (χ2v) is 11.4. The van der Waals surface area contributed by atoms with E-state index in [1.54, 1.807) is 0 Å². The van der Waals surface area contributed by atoms with Crippen molar-refractivity contribution in [2.24, 2.45) is 0 Å². The topological polar surface area (TPSA) is 16.4 Å². The molecule has 46 heavy (non-hydrogen) atoms. The third-order valence-electron chi connectivity index (χ3n) is 8.44. The van der Waals surface area contributed by atoms with E-state index in [9.17, 15) is 0 Å².